The van der Waals surface area contributed by atoms with Crippen molar-refractivity contribution in [1.82, 2.24) is 9.78 Å². The van der Waals surface area contributed by atoms with Gasteiger partial charge in [-0.15, -0.1) is 0 Å². The van der Waals surface area contributed by atoms with Crippen LogP contribution in [0.3, 0.4) is 0 Å². The lowest BCUT2D eigenvalue weighted by molar-refractivity contribution is -0.189. The second-order valence-corrected chi connectivity index (χ2v) is 4.73. The lowest BCUT2D eigenvalue weighted by atomic mass is 9.97. The molecule has 2 heterocycles. The van der Waals surface area contributed by atoms with Crippen LogP contribution in [-0.4, -0.2) is 28.1 Å². The molecule has 4 nitrogen and oxygen atoms in total. The molecule has 0 aromatic carbocycles. The lowest BCUT2D eigenvalue weighted by Gasteiger charge is -2.36. The van der Waals surface area contributed by atoms with Gasteiger partial charge < -0.3 is 9.84 Å². The van der Waals surface area contributed by atoms with Crippen molar-refractivity contribution in [2.75, 3.05) is 13.2 Å². The highest BCUT2D eigenvalue weighted by atomic mass is 79.9. The molecule has 0 bridgehead atoms. The molecule has 1 aliphatic heterocycles. The molecule has 1 fully saturated rings. The van der Waals surface area contributed by atoms with Gasteiger partial charge in [-0.3, -0.25) is 4.68 Å². The molecule has 0 amide bonds. The van der Waals surface area contributed by atoms with Gasteiger partial charge in [0.15, 0.2) is 5.60 Å². The minimum absolute atomic E-state index is 0.237. The van der Waals surface area contributed by atoms with Gasteiger partial charge >= 0.3 is 0 Å². The molecular weight excluding hydrogens is 248 g/mol. The van der Waals surface area contributed by atoms with Gasteiger partial charge in [-0.2, -0.15) is 5.10 Å². The van der Waals surface area contributed by atoms with Crippen LogP contribution in [0.5, 0.6) is 0 Å². The summed E-state index contributed by atoms with van der Waals surface area (Å²) in [5.74, 6) is 0. The van der Waals surface area contributed by atoms with E-state index in [-0.39, 0.29) is 6.04 Å². The lowest BCUT2D eigenvalue weighted by Crippen LogP contribution is -2.48. The highest BCUT2D eigenvalue weighted by Crippen LogP contribution is 2.32. The Bertz CT molecular complexity index is 345. The minimum Gasteiger partial charge on any atom is -0.379 e. The molecule has 0 radical (unpaired) electrons. The largest absolute Gasteiger partial charge is 0.379 e. The first-order valence-electron chi connectivity index (χ1n) is 4.58. The Morgan fingerprint density at radius 3 is 2.71 bits per heavy atom. The van der Waals surface area contributed by atoms with Gasteiger partial charge in [-0.25, -0.2) is 0 Å². The Hall–Kier alpha value is -0.390. The summed E-state index contributed by atoms with van der Waals surface area (Å²) in [6.07, 6.45) is 0. The first kappa shape index (κ1) is 10.1. The number of aromatic nitrogens is 2. The fourth-order valence-corrected chi connectivity index (χ4v) is 1.94. The Kier molecular flexibility index (Phi) is 2.41. The summed E-state index contributed by atoms with van der Waals surface area (Å²) in [6.45, 7) is 4.79. The van der Waals surface area contributed by atoms with E-state index in [1.165, 1.54) is 0 Å². The summed E-state index contributed by atoms with van der Waals surface area (Å²) in [4.78, 5) is 0. The van der Waals surface area contributed by atoms with Gasteiger partial charge in [0.25, 0.3) is 0 Å². The van der Waals surface area contributed by atoms with Crippen molar-refractivity contribution in [3.05, 3.63) is 16.4 Å². The van der Waals surface area contributed by atoms with Gasteiger partial charge in [-0.05, 0) is 35.8 Å². The van der Waals surface area contributed by atoms with Gasteiger partial charge in [0.05, 0.1) is 18.9 Å². The molecule has 0 spiro atoms. The molecule has 1 saturated heterocycles. The highest BCUT2D eigenvalue weighted by molar-refractivity contribution is 9.10. The summed E-state index contributed by atoms with van der Waals surface area (Å²) >= 11 is 3.31. The Morgan fingerprint density at radius 2 is 2.29 bits per heavy atom. The summed E-state index contributed by atoms with van der Waals surface area (Å²) < 4.78 is 7.61. The van der Waals surface area contributed by atoms with Crippen LogP contribution in [0.15, 0.2) is 10.7 Å². The van der Waals surface area contributed by atoms with E-state index in [1.807, 2.05) is 24.6 Å². The average molecular weight is 261 g/mol. The number of halogens is 1. The van der Waals surface area contributed by atoms with E-state index in [0.29, 0.717) is 13.2 Å². The van der Waals surface area contributed by atoms with Crippen LogP contribution in [0.2, 0.25) is 0 Å². The van der Waals surface area contributed by atoms with E-state index >= 15 is 0 Å². The Labute approximate surface area is 91.0 Å². The molecule has 5 heteroatoms. The van der Waals surface area contributed by atoms with Crippen molar-refractivity contribution in [2.24, 2.45) is 0 Å². The second kappa shape index (κ2) is 3.32. The summed E-state index contributed by atoms with van der Waals surface area (Å²) in [6, 6.07) is 2.09. The van der Waals surface area contributed by atoms with Crippen LogP contribution >= 0.6 is 15.9 Å². The van der Waals surface area contributed by atoms with Crippen LogP contribution in [0.1, 0.15) is 25.6 Å². The van der Waals surface area contributed by atoms with Crippen molar-refractivity contribution in [3.63, 3.8) is 0 Å². The molecule has 0 aliphatic carbocycles. The normalized spacial score (nSPS) is 19.8. The van der Waals surface area contributed by atoms with Crippen molar-refractivity contribution < 1.29 is 9.84 Å². The van der Waals surface area contributed by atoms with Crippen molar-refractivity contribution in [3.8, 4) is 0 Å². The zero-order valence-corrected chi connectivity index (χ0v) is 9.78. The molecule has 1 aromatic rings. The third kappa shape index (κ3) is 1.49. The maximum absolute atomic E-state index is 10.1. The number of hydrogen-bond acceptors (Lipinski definition) is 3. The Balaban J connectivity index is 2.40. The van der Waals surface area contributed by atoms with Gasteiger partial charge in [0.2, 0.25) is 0 Å². The zero-order chi connectivity index (χ0) is 10.3. The fourth-order valence-electron chi connectivity index (χ4n) is 1.55. The quantitative estimate of drug-likeness (QED) is 0.876. The van der Waals surface area contributed by atoms with Crippen LogP contribution < -0.4 is 0 Å². The molecule has 1 aliphatic rings. The summed E-state index contributed by atoms with van der Waals surface area (Å²) in [5, 5.41) is 14.4. The third-order valence-corrected chi connectivity index (χ3v) is 2.74. The van der Waals surface area contributed by atoms with Crippen LogP contribution in [-0.2, 0) is 10.3 Å². The van der Waals surface area contributed by atoms with Crippen molar-refractivity contribution in [1.29, 1.82) is 0 Å². The summed E-state index contributed by atoms with van der Waals surface area (Å²) in [7, 11) is 0. The molecule has 0 atom stereocenters. The Morgan fingerprint density at radius 1 is 1.64 bits per heavy atom. The topological polar surface area (TPSA) is 47.3 Å². The molecule has 14 heavy (non-hydrogen) atoms. The minimum atomic E-state index is -0.844. The van der Waals surface area contributed by atoms with Gasteiger partial charge in [-0.1, -0.05) is 0 Å². The van der Waals surface area contributed by atoms with Crippen molar-refractivity contribution in [2.45, 2.75) is 25.5 Å². The number of nitrogens with zero attached hydrogens (tertiary/aromatic N) is 2. The van der Waals surface area contributed by atoms with E-state index < -0.39 is 5.60 Å². The molecule has 0 unspecified atom stereocenters. The standard InChI is InChI=1S/C9H13BrN2O2/c1-6(2)12-7(3-8(10)11-12)9(13)4-14-5-9/h3,6,13H,4-5H2,1-2H3. The average Bonchev–Trinajstić information content (AvgIpc) is 2.43. The SMILES string of the molecule is CC(C)n1nc(Br)cc1C1(O)COC1. The van der Waals surface area contributed by atoms with E-state index in [0.717, 1.165) is 10.3 Å². The van der Waals surface area contributed by atoms with Gasteiger partial charge in [0, 0.05) is 6.04 Å². The number of ether oxygens (including phenoxy) is 1. The third-order valence-electron chi connectivity index (χ3n) is 2.35. The maximum atomic E-state index is 10.1. The number of hydrogen-bond donors (Lipinski definition) is 1. The zero-order valence-electron chi connectivity index (χ0n) is 8.20. The molecule has 2 rings (SSSR count). The van der Waals surface area contributed by atoms with Crippen LogP contribution in [0.25, 0.3) is 0 Å². The monoisotopic (exact) mass is 260 g/mol. The van der Waals surface area contributed by atoms with E-state index in [2.05, 4.69) is 21.0 Å². The first-order valence-corrected chi connectivity index (χ1v) is 5.38. The maximum Gasteiger partial charge on any atom is 0.152 e. The molecule has 1 N–H and O–H groups in total. The van der Waals surface area contributed by atoms with E-state index in [1.54, 1.807) is 0 Å². The van der Waals surface area contributed by atoms with Crippen molar-refractivity contribution >= 4 is 15.9 Å². The van der Waals surface area contributed by atoms with Crippen LogP contribution in [0.4, 0.5) is 0 Å². The second-order valence-electron chi connectivity index (χ2n) is 3.92. The van der Waals surface area contributed by atoms with Gasteiger partial charge in [0.1, 0.15) is 4.60 Å². The molecule has 0 saturated carbocycles. The predicted octanol–water partition coefficient (Wildman–Crippen LogP) is 1.44. The number of rotatable bonds is 2. The van der Waals surface area contributed by atoms with E-state index in [9.17, 15) is 5.11 Å². The highest BCUT2D eigenvalue weighted by Gasteiger charge is 2.41. The smallest absolute Gasteiger partial charge is 0.152 e. The van der Waals surface area contributed by atoms with Crippen LogP contribution in [0, 0.1) is 0 Å². The molecule has 78 valence electrons. The first-order chi connectivity index (χ1) is 6.53. The van der Waals surface area contributed by atoms with E-state index in [4.69, 9.17) is 4.74 Å². The number of aliphatic hydroxyl groups is 1. The molecular formula is C9H13BrN2O2. The molecule has 1 aromatic heterocycles. The fraction of sp³-hybridized carbons (Fsp3) is 0.667. The predicted molar refractivity (Wildman–Crippen MR) is 55.0 cm³/mol. The summed E-state index contributed by atoms with van der Waals surface area (Å²) in [5.41, 5.74) is -0.0193.